The van der Waals surface area contributed by atoms with Gasteiger partial charge in [-0.3, -0.25) is 0 Å². The lowest BCUT2D eigenvalue weighted by Crippen LogP contribution is -2.41. The number of nitrogens with zero attached hydrogens (tertiary/aromatic N) is 1. The minimum absolute atomic E-state index is 0.134. The Labute approximate surface area is 125 Å². The Balaban J connectivity index is 2.32. The minimum atomic E-state index is -3.40. The Morgan fingerprint density at radius 1 is 1.35 bits per heavy atom. The van der Waals surface area contributed by atoms with E-state index in [2.05, 4.69) is 0 Å². The van der Waals surface area contributed by atoms with Gasteiger partial charge in [-0.25, -0.2) is 8.42 Å². The average Bonchev–Trinajstić information content (AvgIpc) is 2.99. The summed E-state index contributed by atoms with van der Waals surface area (Å²) in [6.45, 7) is 4.72. The number of rotatable bonds is 6. The van der Waals surface area contributed by atoms with E-state index < -0.39 is 10.0 Å². The Bertz CT molecular complexity index is 545. The fourth-order valence-corrected chi connectivity index (χ4v) is 6.06. The molecule has 0 spiro atoms. The largest absolute Gasteiger partial charge is 0.383 e. The van der Waals surface area contributed by atoms with Gasteiger partial charge in [-0.05, 0) is 32.8 Å². The Morgan fingerprint density at radius 2 is 2.00 bits per heavy atom. The van der Waals surface area contributed by atoms with Crippen LogP contribution in [0.1, 0.15) is 35.4 Å². The molecule has 0 bridgehead atoms. The molecule has 0 N–H and O–H groups in total. The molecule has 1 fully saturated rings. The molecule has 1 aliphatic rings. The second kappa shape index (κ2) is 6.56. The third-order valence-corrected chi connectivity index (χ3v) is 7.00. The quantitative estimate of drug-likeness (QED) is 0.810. The molecule has 0 atom stereocenters. The lowest BCUT2D eigenvalue weighted by molar-refractivity contribution is 0.166. The van der Waals surface area contributed by atoms with Crippen LogP contribution in [0.2, 0.25) is 0 Å². The molecule has 1 aromatic rings. The molecule has 0 aliphatic heterocycles. The fraction of sp³-hybridized carbons (Fsp3) is 0.714. The number of sulfonamides is 1. The maximum absolute atomic E-state index is 12.9. The summed E-state index contributed by atoms with van der Waals surface area (Å²) in [6.07, 6.45) is 4.16. The van der Waals surface area contributed by atoms with Gasteiger partial charge in [-0.15, -0.1) is 11.3 Å². The molecule has 1 saturated carbocycles. The fourth-order valence-electron chi connectivity index (χ4n) is 2.86. The van der Waals surface area contributed by atoms with E-state index in [-0.39, 0.29) is 6.04 Å². The topological polar surface area (TPSA) is 46.6 Å². The van der Waals surface area contributed by atoms with Crippen LogP contribution in [0.4, 0.5) is 0 Å². The van der Waals surface area contributed by atoms with E-state index in [1.165, 1.54) is 0 Å². The number of thiophene rings is 1. The van der Waals surface area contributed by atoms with E-state index in [9.17, 15) is 8.42 Å². The number of ether oxygens (including phenoxy) is 1. The second-order valence-electron chi connectivity index (χ2n) is 5.32. The van der Waals surface area contributed by atoms with Crippen LogP contribution in [0.3, 0.4) is 0 Å². The Kier molecular flexibility index (Phi) is 5.23. The molecule has 1 aliphatic carbocycles. The molecule has 0 radical (unpaired) electrons. The summed E-state index contributed by atoms with van der Waals surface area (Å²) in [5.74, 6) is 0. The zero-order valence-corrected chi connectivity index (χ0v) is 14.0. The van der Waals surface area contributed by atoms with Crippen molar-refractivity contribution in [2.24, 2.45) is 0 Å². The van der Waals surface area contributed by atoms with Crippen LogP contribution in [0.25, 0.3) is 0 Å². The van der Waals surface area contributed by atoms with Crippen LogP contribution in [0.15, 0.2) is 11.0 Å². The smallest absolute Gasteiger partial charge is 0.244 e. The zero-order chi connectivity index (χ0) is 14.8. The lowest BCUT2D eigenvalue weighted by atomic mass is 10.2. The SMILES string of the molecule is COCCN(C1CCCC1)S(=O)(=O)c1cc(C)sc1C. The second-order valence-corrected chi connectivity index (χ2v) is 8.64. The van der Waals surface area contributed by atoms with E-state index in [1.807, 2.05) is 13.8 Å². The van der Waals surface area contributed by atoms with E-state index in [0.29, 0.717) is 18.0 Å². The van der Waals surface area contributed by atoms with E-state index >= 15 is 0 Å². The van der Waals surface area contributed by atoms with Crippen molar-refractivity contribution in [2.75, 3.05) is 20.3 Å². The molecule has 0 amide bonds. The number of hydrogen-bond donors (Lipinski definition) is 0. The van der Waals surface area contributed by atoms with Gasteiger partial charge in [0.25, 0.3) is 0 Å². The summed E-state index contributed by atoms with van der Waals surface area (Å²) < 4.78 is 32.6. The summed E-state index contributed by atoms with van der Waals surface area (Å²) in [4.78, 5) is 2.39. The predicted molar refractivity (Wildman–Crippen MR) is 81.8 cm³/mol. The third-order valence-electron chi connectivity index (χ3n) is 3.83. The van der Waals surface area contributed by atoms with Gasteiger partial charge in [0, 0.05) is 29.5 Å². The molecule has 0 aromatic carbocycles. The molecule has 114 valence electrons. The van der Waals surface area contributed by atoms with Crippen molar-refractivity contribution in [1.82, 2.24) is 4.31 Å². The normalized spacial score (nSPS) is 17.2. The number of hydrogen-bond acceptors (Lipinski definition) is 4. The van der Waals surface area contributed by atoms with Gasteiger partial charge in [0.15, 0.2) is 0 Å². The highest BCUT2D eigenvalue weighted by Crippen LogP contribution is 2.32. The summed E-state index contributed by atoms with van der Waals surface area (Å²) in [7, 11) is -1.79. The first-order valence-corrected chi connectivity index (χ1v) is 9.30. The van der Waals surface area contributed by atoms with Crippen molar-refractivity contribution >= 4 is 21.4 Å². The molecule has 4 nitrogen and oxygen atoms in total. The van der Waals surface area contributed by atoms with Gasteiger partial charge in [0.05, 0.1) is 11.5 Å². The number of methoxy groups -OCH3 is 1. The monoisotopic (exact) mass is 317 g/mol. The van der Waals surface area contributed by atoms with Crippen molar-refractivity contribution in [3.63, 3.8) is 0 Å². The van der Waals surface area contributed by atoms with Gasteiger partial charge in [-0.1, -0.05) is 12.8 Å². The van der Waals surface area contributed by atoms with E-state index in [4.69, 9.17) is 4.74 Å². The molecule has 0 saturated heterocycles. The van der Waals surface area contributed by atoms with Crippen LogP contribution in [0.5, 0.6) is 0 Å². The molecule has 20 heavy (non-hydrogen) atoms. The van der Waals surface area contributed by atoms with Gasteiger partial charge in [0.2, 0.25) is 10.0 Å². The van der Waals surface area contributed by atoms with Gasteiger partial charge in [0.1, 0.15) is 0 Å². The van der Waals surface area contributed by atoms with Gasteiger partial charge in [-0.2, -0.15) is 4.31 Å². The van der Waals surface area contributed by atoms with Gasteiger partial charge < -0.3 is 4.74 Å². The average molecular weight is 317 g/mol. The van der Waals surface area contributed by atoms with Crippen LogP contribution in [0, 0.1) is 13.8 Å². The summed E-state index contributed by atoms with van der Waals surface area (Å²) in [6, 6.07) is 1.93. The Hall–Kier alpha value is -0.430. The predicted octanol–water partition coefficient (Wildman–Crippen LogP) is 2.94. The molecule has 1 aromatic heterocycles. The Morgan fingerprint density at radius 3 is 2.50 bits per heavy atom. The first-order valence-electron chi connectivity index (χ1n) is 7.04. The highest BCUT2D eigenvalue weighted by molar-refractivity contribution is 7.89. The first kappa shape index (κ1) is 15.9. The van der Waals surface area contributed by atoms with Crippen molar-refractivity contribution in [3.05, 3.63) is 15.8 Å². The van der Waals surface area contributed by atoms with Gasteiger partial charge >= 0.3 is 0 Å². The van der Waals surface area contributed by atoms with E-state index in [0.717, 1.165) is 35.4 Å². The zero-order valence-electron chi connectivity index (χ0n) is 12.4. The maximum Gasteiger partial charge on any atom is 0.244 e. The van der Waals surface area contributed by atoms with Crippen molar-refractivity contribution in [1.29, 1.82) is 0 Å². The molecular weight excluding hydrogens is 294 g/mol. The molecule has 6 heteroatoms. The molecular formula is C14H23NO3S2. The summed E-state index contributed by atoms with van der Waals surface area (Å²) in [5, 5.41) is 0. The van der Waals surface area contributed by atoms with Crippen LogP contribution in [-0.2, 0) is 14.8 Å². The first-order chi connectivity index (χ1) is 9.46. The van der Waals surface area contributed by atoms with Crippen molar-refractivity contribution < 1.29 is 13.2 Å². The third kappa shape index (κ3) is 3.24. The highest BCUT2D eigenvalue weighted by Gasteiger charge is 2.34. The van der Waals surface area contributed by atoms with Crippen LogP contribution < -0.4 is 0 Å². The van der Waals surface area contributed by atoms with Crippen LogP contribution >= 0.6 is 11.3 Å². The highest BCUT2D eigenvalue weighted by atomic mass is 32.2. The standard InChI is InChI=1S/C14H23NO3S2/c1-11-10-14(12(2)19-11)20(16,17)15(8-9-18-3)13-6-4-5-7-13/h10,13H,4-9H2,1-3H3. The van der Waals surface area contributed by atoms with E-state index in [1.54, 1.807) is 28.8 Å². The minimum Gasteiger partial charge on any atom is -0.383 e. The van der Waals surface area contributed by atoms with Crippen molar-refractivity contribution in [3.8, 4) is 0 Å². The molecule has 2 rings (SSSR count). The van der Waals surface area contributed by atoms with Crippen LogP contribution in [-0.4, -0.2) is 39.0 Å². The summed E-state index contributed by atoms with van der Waals surface area (Å²) >= 11 is 1.54. The lowest BCUT2D eigenvalue weighted by Gasteiger charge is -2.27. The summed E-state index contributed by atoms with van der Waals surface area (Å²) in [5.41, 5.74) is 0. The van der Waals surface area contributed by atoms with Crippen molar-refractivity contribution in [2.45, 2.75) is 50.5 Å². The maximum atomic E-state index is 12.9. The molecule has 1 heterocycles. The number of aryl methyl sites for hydroxylation is 2. The molecule has 0 unspecified atom stereocenters.